The molecule has 0 aliphatic carbocycles. The Balaban J connectivity index is 3.24. The Hall–Kier alpha value is -0.260. The van der Waals surface area contributed by atoms with Crippen LogP contribution in [0.2, 0.25) is 0 Å². The molecular formula is C29H58. The second-order valence-corrected chi connectivity index (χ2v) is 9.53. The fourth-order valence-electron chi connectivity index (χ4n) is 4.51. The van der Waals surface area contributed by atoms with Crippen molar-refractivity contribution in [1.29, 1.82) is 0 Å². The summed E-state index contributed by atoms with van der Waals surface area (Å²) in [5.41, 5.74) is 0. The maximum atomic E-state index is 2.40. The summed E-state index contributed by atoms with van der Waals surface area (Å²) in [4.78, 5) is 0. The standard InChI is InChI=1S/C29H58/c1-4-7-9-11-13-14-15-16-17-18-19-20-21-22-24-26-28-29(6-3)27-25-23-12-10-8-5-2/h8,10,29H,4-7,9,11-28H2,1-3H3. The first-order chi connectivity index (χ1) is 14.3. The average molecular weight is 407 g/mol. The molecule has 0 saturated carbocycles. The lowest BCUT2D eigenvalue weighted by Gasteiger charge is -2.14. The number of hydrogen-bond donors (Lipinski definition) is 0. The van der Waals surface area contributed by atoms with E-state index in [-0.39, 0.29) is 0 Å². The lowest BCUT2D eigenvalue weighted by atomic mass is 9.92. The third-order valence-corrected chi connectivity index (χ3v) is 6.68. The van der Waals surface area contributed by atoms with Crippen molar-refractivity contribution in [1.82, 2.24) is 0 Å². The second-order valence-electron chi connectivity index (χ2n) is 9.53. The predicted octanol–water partition coefficient (Wildman–Crippen LogP) is 11.2. The van der Waals surface area contributed by atoms with Gasteiger partial charge in [-0.15, -0.1) is 0 Å². The van der Waals surface area contributed by atoms with Crippen molar-refractivity contribution in [2.24, 2.45) is 5.92 Å². The van der Waals surface area contributed by atoms with Crippen LogP contribution < -0.4 is 0 Å². The fraction of sp³-hybridized carbons (Fsp3) is 0.931. The van der Waals surface area contributed by atoms with Crippen LogP contribution in [0.1, 0.15) is 168 Å². The predicted molar refractivity (Wildman–Crippen MR) is 136 cm³/mol. The molecule has 0 aromatic rings. The van der Waals surface area contributed by atoms with Gasteiger partial charge in [-0.25, -0.2) is 0 Å². The van der Waals surface area contributed by atoms with Crippen LogP contribution in [-0.4, -0.2) is 0 Å². The summed E-state index contributed by atoms with van der Waals surface area (Å²) in [5, 5.41) is 0. The number of rotatable bonds is 24. The summed E-state index contributed by atoms with van der Waals surface area (Å²) < 4.78 is 0. The Bertz CT molecular complexity index is 303. The van der Waals surface area contributed by atoms with Crippen LogP contribution in [0.3, 0.4) is 0 Å². The third-order valence-electron chi connectivity index (χ3n) is 6.68. The van der Waals surface area contributed by atoms with E-state index in [0.717, 1.165) is 5.92 Å². The Morgan fingerprint density at radius 1 is 0.448 bits per heavy atom. The summed E-state index contributed by atoms with van der Waals surface area (Å²) in [7, 11) is 0. The van der Waals surface area contributed by atoms with Crippen molar-refractivity contribution >= 4 is 0 Å². The Morgan fingerprint density at radius 2 is 0.862 bits per heavy atom. The smallest absolute Gasteiger partial charge is 0.0351 e. The van der Waals surface area contributed by atoms with Crippen molar-refractivity contribution in [2.75, 3.05) is 0 Å². The Kier molecular flexibility index (Phi) is 25.5. The molecule has 0 rings (SSSR count). The SMILES string of the molecule is CCC=CCCCCC(CC)CCCCCCCCCCCCCCCCCC. The first-order valence-corrected chi connectivity index (χ1v) is 14.0. The maximum Gasteiger partial charge on any atom is -0.0351 e. The summed E-state index contributed by atoms with van der Waals surface area (Å²) in [6.45, 7) is 6.92. The molecule has 0 bridgehead atoms. The van der Waals surface area contributed by atoms with E-state index in [1.165, 1.54) is 148 Å². The lowest BCUT2D eigenvalue weighted by molar-refractivity contribution is 0.397. The molecule has 0 aromatic heterocycles. The van der Waals surface area contributed by atoms with Gasteiger partial charge < -0.3 is 0 Å². The monoisotopic (exact) mass is 406 g/mol. The first-order valence-electron chi connectivity index (χ1n) is 14.0. The molecule has 0 heterocycles. The van der Waals surface area contributed by atoms with Crippen molar-refractivity contribution in [3.8, 4) is 0 Å². The zero-order chi connectivity index (χ0) is 21.3. The van der Waals surface area contributed by atoms with Crippen molar-refractivity contribution in [2.45, 2.75) is 168 Å². The van der Waals surface area contributed by atoms with Gasteiger partial charge in [0.2, 0.25) is 0 Å². The molecule has 1 unspecified atom stereocenters. The molecule has 174 valence electrons. The van der Waals surface area contributed by atoms with E-state index in [9.17, 15) is 0 Å². The van der Waals surface area contributed by atoms with Crippen molar-refractivity contribution in [3.05, 3.63) is 12.2 Å². The van der Waals surface area contributed by atoms with Crippen LogP contribution in [0.5, 0.6) is 0 Å². The highest BCUT2D eigenvalue weighted by molar-refractivity contribution is 4.79. The third kappa shape index (κ3) is 23.9. The van der Waals surface area contributed by atoms with Crippen LogP contribution in [0.15, 0.2) is 12.2 Å². The maximum absolute atomic E-state index is 2.40. The molecule has 29 heavy (non-hydrogen) atoms. The van der Waals surface area contributed by atoms with E-state index in [1.54, 1.807) is 0 Å². The van der Waals surface area contributed by atoms with Gasteiger partial charge in [-0.2, -0.15) is 0 Å². The molecule has 0 heteroatoms. The summed E-state index contributed by atoms with van der Waals surface area (Å²) in [6, 6.07) is 0. The molecule has 0 aromatic carbocycles. The zero-order valence-electron chi connectivity index (χ0n) is 21.0. The molecule has 0 radical (unpaired) electrons. The second kappa shape index (κ2) is 25.8. The van der Waals surface area contributed by atoms with Gasteiger partial charge in [0.05, 0.1) is 0 Å². The largest absolute Gasteiger partial charge is 0.0888 e. The van der Waals surface area contributed by atoms with Gasteiger partial charge >= 0.3 is 0 Å². The highest BCUT2D eigenvalue weighted by Crippen LogP contribution is 2.21. The Morgan fingerprint density at radius 3 is 1.28 bits per heavy atom. The van der Waals surface area contributed by atoms with E-state index in [1.807, 2.05) is 0 Å². The van der Waals surface area contributed by atoms with E-state index < -0.39 is 0 Å². The topological polar surface area (TPSA) is 0 Å². The van der Waals surface area contributed by atoms with Gasteiger partial charge in [0, 0.05) is 0 Å². The molecule has 0 spiro atoms. The minimum absolute atomic E-state index is 0.997. The van der Waals surface area contributed by atoms with Gasteiger partial charge in [0.15, 0.2) is 0 Å². The molecule has 0 aliphatic heterocycles. The van der Waals surface area contributed by atoms with Crippen LogP contribution in [-0.2, 0) is 0 Å². The molecule has 0 amide bonds. The van der Waals surface area contributed by atoms with E-state index in [0.29, 0.717) is 0 Å². The number of hydrogen-bond acceptors (Lipinski definition) is 0. The minimum Gasteiger partial charge on any atom is -0.0888 e. The van der Waals surface area contributed by atoms with Crippen molar-refractivity contribution in [3.63, 3.8) is 0 Å². The summed E-state index contributed by atoms with van der Waals surface area (Å²) in [6.07, 6.45) is 37.9. The normalized spacial score (nSPS) is 12.8. The molecule has 0 N–H and O–H groups in total. The summed E-state index contributed by atoms with van der Waals surface area (Å²) in [5.74, 6) is 0.997. The van der Waals surface area contributed by atoms with Gasteiger partial charge in [-0.1, -0.05) is 161 Å². The van der Waals surface area contributed by atoms with Crippen LogP contribution in [0, 0.1) is 5.92 Å². The molecule has 0 saturated heterocycles. The number of unbranched alkanes of at least 4 members (excludes halogenated alkanes) is 17. The van der Waals surface area contributed by atoms with E-state index in [4.69, 9.17) is 0 Å². The molecule has 0 aliphatic rings. The molecule has 0 nitrogen and oxygen atoms in total. The van der Waals surface area contributed by atoms with Crippen LogP contribution in [0.25, 0.3) is 0 Å². The highest BCUT2D eigenvalue weighted by Gasteiger charge is 2.05. The summed E-state index contributed by atoms with van der Waals surface area (Å²) >= 11 is 0. The molecule has 0 fully saturated rings. The zero-order valence-corrected chi connectivity index (χ0v) is 21.0. The fourth-order valence-corrected chi connectivity index (χ4v) is 4.51. The van der Waals surface area contributed by atoms with Gasteiger partial charge in [-0.05, 0) is 25.2 Å². The van der Waals surface area contributed by atoms with Gasteiger partial charge in [-0.3, -0.25) is 0 Å². The van der Waals surface area contributed by atoms with Crippen LogP contribution >= 0.6 is 0 Å². The van der Waals surface area contributed by atoms with Crippen LogP contribution in [0.4, 0.5) is 0 Å². The average Bonchev–Trinajstić information content (AvgIpc) is 2.74. The number of allylic oxidation sites excluding steroid dienone is 2. The quantitative estimate of drug-likeness (QED) is 0.110. The molecular weight excluding hydrogens is 348 g/mol. The lowest BCUT2D eigenvalue weighted by Crippen LogP contribution is -1.99. The molecule has 1 atom stereocenters. The highest BCUT2D eigenvalue weighted by atomic mass is 14.1. The minimum atomic E-state index is 0.997. The van der Waals surface area contributed by atoms with Gasteiger partial charge in [0.25, 0.3) is 0 Å². The Labute approximate surface area is 186 Å². The van der Waals surface area contributed by atoms with Crippen molar-refractivity contribution < 1.29 is 0 Å². The van der Waals surface area contributed by atoms with E-state index in [2.05, 4.69) is 32.9 Å². The van der Waals surface area contributed by atoms with E-state index >= 15 is 0 Å². The van der Waals surface area contributed by atoms with Gasteiger partial charge in [0.1, 0.15) is 0 Å². The first kappa shape index (κ1) is 28.7.